The molecule has 0 saturated carbocycles. The van der Waals surface area contributed by atoms with Crippen LogP contribution in [0.4, 0.5) is 0 Å². The molecule has 6 heteroatoms. The van der Waals surface area contributed by atoms with Crippen molar-refractivity contribution < 1.29 is 22.1 Å². The Balaban J connectivity index is 3.22. The van der Waals surface area contributed by atoms with E-state index in [0.717, 1.165) is 0 Å². The summed E-state index contributed by atoms with van der Waals surface area (Å²) in [6, 6.07) is 0. The Hall–Kier alpha value is -0.170. The lowest BCUT2D eigenvalue weighted by molar-refractivity contribution is 0.0413. The highest BCUT2D eigenvalue weighted by Crippen LogP contribution is 1.91. The van der Waals surface area contributed by atoms with Crippen LogP contribution in [0.2, 0.25) is 0 Å². The standard InChI is InChI=1S/C8H18O5S/c1-3-11-5-6-12-7-8-13-14(9,10)4-2/h3-8H2,1-2H3. The van der Waals surface area contributed by atoms with Gasteiger partial charge in [-0.1, -0.05) is 0 Å². The molecule has 0 radical (unpaired) electrons. The van der Waals surface area contributed by atoms with Crippen molar-refractivity contribution in [1.29, 1.82) is 0 Å². The van der Waals surface area contributed by atoms with E-state index in [1.165, 1.54) is 6.92 Å². The van der Waals surface area contributed by atoms with Gasteiger partial charge in [0, 0.05) is 6.61 Å². The Morgan fingerprint density at radius 3 is 2.07 bits per heavy atom. The molecule has 0 unspecified atom stereocenters. The monoisotopic (exact) mass is 226 g/mol. The van der Waals surface area contributed by atoms with Gasteiger partial charge in [0.25, 0.3) is 10.1 Å². The molecule has 0 aromatic carbocycles. The van der Waals surface area contributed by atoms with Gasteiger partial charge in [-0.05, 0) is 13.8 Å². The van der Waals surface area contributed by atoms with Crippen LogP contribution in [0, 0.1) is 0 Å². The molecule has 86 valence electrons. The second-order valence-corrected chi connectivity index (χ2v) is 4.41. The highest BCUT2D eigenvalue weighted by atomic mass is 32.2. The predicted octanol–water partition coefficient (Wildman–Crippen LogP) is 0.406. The van der Waals surface area contributed by atoms with Crippen molar-refractivity contribution in [3.63, 3.8) is 0 Å². The van der Waals surface area contributed by atoms with Gasteiger partial charge >= 0.3 is 0 Å². The molecule has 0 rings (SSSR count). The first kappa shape index (κ1) is 13.8. The smallest absolute Gasteiger partial charge is 0.267 e. The van der Waals surface area contributed by atoms with Gasteiger partial charge in [0.1, 0.15) is 0 Å². The van der Waals surface area contributed by atoms with E-state index in [-0.39, 0.29) is 19.0 Å². The Morgan fingerprint density at radius 1 is 0.929 bits per heavy atom. The summed E-state index contributed by atoms with van der Waals surface area (Å²) in [4.78, 5) is 0. The summed E-state index contributed by atoms with van der Waals surface area (Å²) in [5, 5.41) is 0. The molecular weight excluding hydrogens is 208 g/mol. The molecule has 0 fully saturated rings. The van der Waals surface area contributed by atoms with Crippen molar-refractivity contribution >= 4 is 10.1 Å². The molecule has 0 spiro atoms. The van der Waals surface area contributed by atoms with Crippen LogP contribution in [0.1, 0.15) is 13.8 Å². The van der Waals surface area contributed by atoms with E-state index in [4.69, 9.17) is 9.47 Å². The topological polar surface area (TPSA) is 61.8 Å². The fourth-order valence-electron chi connectivity index (χ4n) is 0.667. The Morgan fingerprint density at radius 2 is 1.50 bits per heavy atom. The second kappa shape index (κ2) is 8.16. The molecular formula is C8H18O5S. The lowest BCUT2D eigenvalue weighted by Crippen LogP contribution is -2.14. The van der Waals surface area contributed by atoms with Gasteiger partial charge in [-0.25, -0.2) is 0 Å². The van der Waals surface area contributed by atoms with E-state index in [9.17, 15) is 8.42 Å². The summed E-state index contributed by atoms with van der Waals surface area (Å²) >= 11 is 0. The van der Waals surface area contributed by atoms with Crippen molar-refractivity contribution in [3.05, 3.63) is 0 Å². The zero-order chi connectivity index (χ0) is 10.9. The van der Waals surface area contributed by atoms with E-state index in [2.05, 4.69) is 4.18 Å². The minimum atomic E-state index is -3.33. The summed E-state index contributed by atoms with van der Waals surface area (Å²) in [7, 11) is -3.33. The summed E-state index contributed by atoms with van der Waals surface area (Å²) < 4.78 is 36.3. The van der Waals surface area contributed by atoms with Crippen LogP contribution in [-0.2, 0) is 23.8 Å². The van der Waals surface area contributed by atoms with E-state index in [1.54, 1.807) is 0 Å². The Labute approximate surface area is 85.5 Å². The Bertz CT molecular complexity index is 212. The molecule has 0 atom stereocenters. The first-order valence-electron chi connectivity index (χ1n) is 4.65. The van der Waals surface area contributed by atoms with Crippen molar-refractivity contribution in [2.24, 2.45) is 0 Å². The van der Waals surface area contributed by atoms with Crippen LogP contribution in [0.25, 0.3) is 0 Å². The number of hydrogen-bond donors (Lipinski definition) is 0. The lowest BCUT2D eigenvalue weighted by Gasteiger charge is -2.04. The van der Waals surface area contributed by atoms with Crippen LogP contribution >= 0.6 is 0 Å². The molecule has 0 aromatic rings. The maximum absolute atomic E-state index is 10.8. The fraction of sp³-hybridized carbons (Fsp3) is 1.00. The maximum atomic E-state index is 10.8. The molecule has 0 heterocycles. The minimum Gasteiger partial charge on any atom is -0.379 e. The zero-order valence-electron chi connectivity index (χ0n) is 8.69. The average Bonchev–Trinajstić information content (AvgIpc) is 2.16. The quantitative estimate of drug-likeness (QED) is 0.421. The minimum absolute atomic E-state index is 0.00799. The lowest BCUT2D eigenvalue weighted by atomic mass is 10.7. The molecule has 0 saturated heterocycles. The normalized spacial score (nSPS) is 11.9. The fourth-order valence-corrected chi connectivity index (χ4v) is 1.16. The molecule has 0 amide bonds. The largest absolute Gasteiger partial charge is 0.379 e. The molecule has 0 bridgehead atoms. The van der Waals surface area contributed by atoms with Gasteiger partial charge in [0.2, 0.25) is 0 Å². The third-order valence-electron chi connectivity index (χ3n) is 1.42. The van der Waals surface area contributed by atoms with Crippen molar-refractivity contribution in [1.82, 2.24) is 0 Å². The highest BCUT2D eigenvalue weighted by Gasteiger charge is 2.05. The predicted molar refractivity (Wildman–Crippen MR) is 52.7 cm³/mol. The average molecular weight is 226 g/mol. The van der Waals surface area contributed by atoms with Gasteiger partial charge in [-0.3, -0.25) is 4.18 Å². The molecule has 0 aliphatic carbocycles. The Kier molecular flexibility index (Phi) is 8.07. The van der Waals surface area contributed by atoms with Crippen LogP contribution < -0.4 is 0 Å². The molecule has 5 nitrogen and oxygen atoms in total. The molecule has 0 aromatic heterocycles. The van der Waals surface area contributed by atoms with Crippen LogP contribution in [0.5, 0.6) is 0 Å². The first-order chi connectivity index (χ1) is 6.62. The van der Waals surface area contributed by atoms with Crippen molar-refractivity contribution in [2.45, 2.75) is 13.8 Å². The van der Waals surface area contributed by atoms with E-state index in [1.807, 2.05) is 6.92 Å². The molecule has 0 N–H and O–H groups in total. The molecule has 0 aliphatic rings. The third-order valence-corrected chi connectivity index (χ3v) is 2.65. The first-order valence-corrected chi connectivity index (χ1v) is 6.22. The highest BCUT2D eigenvalue weighted by molar-refractivity contribution is 7.86. The van der Waals surface area contributed by atoms with Gasteiger partial charge in [0.05, 0.1) is 32.2 Å². The van der Waals surface area contributed by atoms with Gasteiger partial charge in [0.15, 0.2) is 0 Å². The van der Waals surface area contributed by atoms with E-state index >= 15 is 0 Å². The SMILES string of the molecule is CCOCCOCCOS(=O)(=O)CC. The van der Waals surface area contributed by atoms with Gasteiger partial charge in [-0.2, -0.15) is 8.42 Å². The number of ether oxygens (including phenoxy) is 2. The van der Waals surface area contributed by atoms with Crippen LogP contribution in [0.15, 0.2) is 0 Å². The molecule has 0 aliphatic heterocycles. The van der Waals surface area contributed by atoms with Crippen molar-refractivity contribution in [3.8, 4) is 0 Å². The molecule has 14 heavy (non-hydrogen) atoms. The van der Waals surface area contributed by atoms with E-state index in [0.29, 0.717) is 19.8 Å². The summed E-state index contributed by atoms with van der Waals surface area (Å²) in [6.07, 6.45) is 0. The van der Waals surface area contributed by atoms with Gasteiger partial charge in [-0.15, -0.1) is 0 Å². The summed E-state index contributed by atoms with van der Waals surface area (Å²) in [5.41, 5.74) is 0. The summed E-state index contributed by atoms with van der Waals surface area (Å²) in [6.45, 7) is 5.42. The van der Waals surface area contributed by atoms with Crippen LogP contribution in [-0.4, -0.2) is 47.2 Å². The zero-order valence-corrected chi connectivity index (χ0v) is 9.51. The maximum Gasteiger partial charge on any atom is 0.267 e. The van der Waals surface area contributed by atoms with Crippen molar-refractivity contribution in [2.75, 3.05) is 38.8 Å². The van der Waals surface area contributed by atoms with E-state index < -0.39 is 10.1 Å². The van der Waals surface area contributed by atoms with Gasteiger partial charge < -0.3 is 9.47 Å². The third kappa shape index (κ3) is 8.43. The number of rotatable bonds is 9. The number of hydrogen-bond acceptors (Lipinski definition) is 5. The second-order valence-electron chi connectivity index (χ2n) is 2.48. The summed E-state index contributed by atoms with van der Waals surface area (Å²) in [5.74, 6) is -0.00799. The van der Waals surface area contributed by atoms with Crippen LogP contribution in [0.3, 0.4) is 0 Å².